The lowest BCUT2D eigenvalue weighted by molar-refractivity contribution is -0.143. The molecule has 0 N–H and O–H groups in total. The van der Waals surface area contributed by atoms with E-state index in [1.54, 1.807) is 0 Å². The van der Waals surface area contributed by atoms with Gasteiger partial charge >= 0.3 is 11.9 Å². The molecule has 4 heteroatoms. The largest absolute Gasteiger partial charge is 0.469 e. The lowest BCUT2D eigenvalue weighted by Crippen LogP contribution is -2.13. The van der Waals surface area contributed by atoms with E-state index in [1.165, 1.54) is 26.4 Å². The van der Waals surface area contributed by atoms with E-state index in [1.807, 2.05) is 6.92 Å². The summed E-state index contributed by atoms with van der Waals surface area (Å²) in [5.41, 5.74) is 0. The molecule has 0 rings (SSSR count). The Morgan fingerprint density at radius 2 is 1.92 bits per heavy atom. The molecule has 0 aliphatic rings. The predicted octanol–water partition coefficient (Wildman–Crippen LogP) is 0.915. The Morgan fingerprint density at radius 1 is 1.31 bits per heavy atom. The van der Waals surface area contributed by atoms with Gasteiger partial charge in [0.2, 0.25) is 0 Å². The molecule has 0 fully saturated rings. The summed E-state index contributed by atoms with van der Waals surface area (Å²) in [6.07, 6.45) is 3.31. The van der Waals surface area contributed by atoms with Crippen LogP contribution in [0, 0.1) is 5.92 Å². The van der Waals surface area contributed by atoms with Crippen molar-refractivity contribution in [3.63, 3.8) is 0 Å². The van der Waals surface area contributed by atoms with Gasteiger partial charge in [-0.05, 0) is 6.42 Å². The summed E-state index contributed by atoms with van der Waals surface area (Å²) in [6.45, 7) is 1.84. The molecule has 1 atom stereocenters. The van der Waals surface area contributed by atoms with Crippen molar-refractivity contribution in [3.05, 3.63) is 12.2 Å². The van der Waals surface area contributed by atoms with E-state index >= 15 is 0 Å². The average molecular weight is 186 g/mol. The van der Waals surface area contributed by atoms with E-state index in [4.69, 9.17) is 0 Å². The molecule has 0 heterocycles. The van der Waals surface area contributed by atoms with Crippen LogP contribution in [0.1, 0.15) is 13.3 Å². The van der Waals surface area contributed by atoms with E-state index in [-0.39, 0.29) is 11.9 Å². The van der Waals surface area contributed by atoms with Crippen LogP contribution in [0.5, 0.6) is 0 Å². The average Bonchev–Trinajstić information content (AvgIpc) is 2.17. The molecule has 0 aromatic carbocycles. The van der Waals surface area contributed by atoms with Crippen molar-refractivity contribution >= 4 is 11.9 Å². The van der Waals surface area contributed by atoms with Crippen molar-refractivity contribution in [1.82, 2.24) is 0 Å². The summed E-state index contributed by atoms with van der Waals surface area (Å²) in [4.78, 5) is 21.7. The summed E-state index contributed by atoms with van der Waals surface area (Å²) in [5.74, 6) is -1.19. The van der Waals surface area contributed by atoms with Crippen molar-refractivity contribution in [1.29, 1.82) is 0 Å². The highest BCUT2D eigenvalue weighted by Gasteiger charge is 2.13. The standard InChI is InChI=1S/C9H14O4/c1-4-7(9(11)13-3)5-6-8(10)12-2/h5-7H,4H2,1-3H3/b6-5+. The molecule has 0 amide bonds. The lowest BCUT2D eigenvalue weighted by atomic mass is 10.1. The van der Waals surface area contributed by atoms with Crippen LogP contribution in [0.25, 0.3) is 0 Å². The van der Waals surface area contributed by atoms with Crippen LogP contribution in [-0.2, 0) is 19.1 Å². The topological polar surface area (TPSA) is 52.6 Å². The fraction of sp³-hybridized carbons (Fsp3) is 0.556. The van der Waals surface area contributed by atoms with Crippen LogP contribution in [0.2, 0.25) is 0 Å². The second kappa shape index (κ2) is 6.22. The first-order valence-electron chi connectivity index (χ1n) is 3.99. The first-order chi connectivity index (χ1) is 6.15. The van der Waals surface area contributed by atoms with Crippen LogP contribution in [-0.4, -0.2) is 26.2 Å². The Labute approximate surface area is 77.5 Å². The van der Waals surface area contributed by atoms with Gasteiger partial charge in [-0.25, -0.2) is 4.79 Å². The highest BCUT2D eigenvalue weighted by molar-refractivity contribution is 5.83. The summed E-state index contributed by atoms with van der Waals surface area (Å²) in [7, 11) is 2.60. The monoisotopic (exact) mass is 186 g/mol. The van der Waals surface area contributed by atoms with Crippen molar-refractivity contribution in [2.75, 3.05) is 14.2 Å². The van der Waals surface area contributed by atoms with Crippen molar-refractivity contribution < 1.29 is 19.1 Å². The second-order valence-electron chi connectivity index (χ2n) is 2.42. The van der Waals surface area contributed by atoms with Crippen LogP contribution < -0.4 is 0 Å². The molecule has 0 radical (unpaired) electrons. The summed E-state index contributed by atoms with van der Waals surface area (Å²) >= 11 is 0. The number of carbonyl (C=O) groups excluding carboxylic acids is 2. The van der Waals surface area contributed by atoms with E-state index in [0.29, 0.717) is 6.42 Å². The van der Waals surface area contributed by atoms with Gasteiger partial charge in [0.25, 0.3) is 0 Å². The van der Waals surface area contributed by atoms with Crippen molar-refractivity contribution in [3.8, 4) is 0 Å². The first kappa shape index (κ1) is 11.7. The maximum Gasteiger partial charge on any atom is 0.330 e. The molecule has 0 saturated heterocycles. The lowest BCUT2D eigenvalue weighted by Gasteiger charge is -2.05. The number of esters is 2. The Bertz CT molecular complexity index is 208. The van der Waals surface area contributed by atoms with Crippen molar-refractivity contribution in [2.24, 2.45) is 5.92 Å². The van der Waals surface area contributed by atoms with Crippen LogP contribution in [0.15, 0.2) is 12.2 Å². The molecular formula is C9H14O4. The van der Waals surface area contributed by atoms with E-state index in [9.17, 15) is 9.59 Å². The maximum absolute atomic E-state index is 11.0. The molecule has 4 nitrogen and oxygen atoms in total. The highest BCUT2D eigenvalue weighted by atomic mass is 16.5. The summed E-state index contributed by atoms with van der Waals surface area (Å²) in [6, 6.07) is 0. The van der Waals surface area contributed by atoms with Gasteiger partial charge in [-0.1, -0.05) is 13.0 Å². The second-order valence-corrected chi connectivity index (χ2v) is 2.42. The third-order valence-electron chi connectivity index (χ3n) is 1.61. The normalized spacial score (nSPS) is 12.5. The minimum Gasteiger partial charge on any atom is -0.469 e. The number of hydrogen-bond donors (Lipinski definition) is 0. The third kappa shape index (κ3) is 4.30. The molecule has 0 aromatic heterocycles. The molecule has 74 valence electrons. The first-order valence-corrected chi connectivity index (χ1v) is 3.99. The minimum atomic E-state index is -0.470. The Kier molecular flexibility index (Phi) is 5.59. The number of ether oxygens (including phenoxy) is 2. The molecule has 0 aliphatic heterocycles. The number of hydrogen-bond acceptors (Lipinski definition) is 4. The SMILES string of the molecule is CCC(/C=C/C(=O)OC)C(=O)OC. The number of methoxy groups -OCH3 is 2. The highest BCUT2D eigenvalue weighted by Crippen LogP contribution is 2.06. The molecule has 13 heavy (non-hydrogen) atoms. The quantitative estimate of drug-likeness (QED) is 0.484. The van der Waals surface area contributed by atoms with Gasteiger partial charge in [0.15, 0.2) is 0 Å². The van der Waals surface area contributed by atoms with Crippen LogP contribution in [0.3, 0.4) is 0 Å². The number of rotatable bonds is 4. The van der Waals surface area contributed by atoms with Gasteiger partial charge in [-0.2, -0.15) is 0 Å². The van der Waals surface area contributed by atoms with Gasteiger partial charge in [-0.15, -0.1) is 0 Å². The molecule has 1 unspecified atom stereocenters. The fourth-order valence-electron chi connectivity index (χ4n) is 0.795. The summed E-state index contributed by atoms with van der Waals surface area (Å²) in [5, 5.41) is 0. The smallest absolute Gasteiger partial charge is 0.330 e. The molecule has 0 aliphatic carbocycles. The van der Waals surface area contributed by atoms with Gasteiger partial charge in [0, 0.05) is 6.08 Å². The minimum absolute atomic E-state index is 0.345. The van der Waals surface area contributed by atoms with E-state index in [0.717, 1.165) is 0 Å². The molecular weight excluding hydrogens is 172 g/mol. The number of carbonyl (C=O) groups is 2. The molecule has 0 saturated carbocycles. The zero-order chi connectivity index (χ0) is 10.3. The van der Waals surface area contributed by atoms with Gasteiger partial charge in [0.1, 0.15) is 0 Å². The Hall–Kier alpha value is -1.32. The maximum atomic E-state index is 11.0. The molecule has 0 bridgehead atoms. The fourth-order valence-corrected chi connectivity index (χ4v) is 0.795. The van der Waals surface area contributed by atoms with Crippen LogP contribution >= 0.6 is 0 Å². The van der Waals surface area contributed by atoms with Gasteiger partial charge in [-0.3, -0.25) is 4.79 Å². The van der Waals surface area contributed by atoms with Gasteiger partial charge < -0.3 is 9.47 Å². The van der Waals surface area contributed by atoms with Gasteiger partial charge in [0.05, 0.1) is 20.1 Å². The van der Waals surface area contributed by atoms with Crippen LogP contribution in [0.4, 0.5) is 0 Å². The molecule has 0 spiro atoms. The molecule has 0 aromatic rings. The summed E-state index contributed by atoms with van der Waals surface area (Å²) < 4.78 is 8.91. The zero-order valence-corrected chi connectivity index (χ0v) is 8.07. The van der Waals surface area contributed by atoms with Crippen molar-refractivity contribution in [2.45, 2.75) is 13.3 Å². The Balaban J connectivity index is 4.19. The zero-order valence-electron chi connectivity index (χ0n) is 8.07. The van der Waals surface area contributed by atoms with E-state index < -0.39 is 5.97 Å². The predicted molar refractivity (Wildman–Crippen MR) is 47.0 cm³/mol. The Morgan fingerprint density at radius 3 is 2.31 bits per heavy atom. The van der Waals surface area contributed by atoms with E-state index in [2.05, 4.69) is 9.47 Å². The third-order valence-corrected chi connectivity index (χ3v) is 1.61.